The molecule has 1 aromatic carbocycles. The van der Waals surface area contributed by atoms with Gasteiger partial charge in [0, 0.05) is 10.6 Å². The minimum absolute atomic E-state index is 0.0534. The van der Waals surface area contributed by atoms with Crippen LogP contribution in [0.1, 0.15) is 12.0 Å². The summed E-state index contributed by atoms with van der Waals surface area (Å²) in [5.41, 5.74) is 2.93. The lowest BCUT2D eigenvalue weighted by Crippen LogP contribution is -2.27. The summed E-state index contributed by atoms with van der Waals surface area (Å²) in [4.78, 5) is 11.7. The number of nitrogens with zero attached hydrogens (tertiary/aromatic N) is 1. The highest BCUT2D eigenvalue weighted by molar-refractivity contribution is 7.91. The maximum absolute atomic E-state index is 11.7. The first-order valence-corrected chi connectivity index (χ1v) is 8.43. The van der Waals surface area contributed by atoms with Gasteiger partial charge in [0.25, 0.3) is 0 Å². The van der Waals surface area contributed by atoms with Crippen LogP contribution in [-0.4, -0.2) is 32.0 Å². The Hall–Kier alpha value is -1.11. The van der Waals surface area contributed by atoms with Crippen LogP contribution in [0.3, 0.4) is 0 Å². The molecule has 1 aliphatic rings. The Morgan fingerprint density at radius 3 is 2.75 bits per heavy atom. The third-order valence-electron chi connectivity index (χ3n) is 2.94. The van der Waals surface area contributed by atoms with E-state index in [-0.39, 0.29) is 11.5 Å². The maximum Gasteiger partial charge on any atom is 0.244 e. The van der Waals surface area contributed by atoms with Crippen molar-refractivity contribution < 1.29 is 13.2 Å². The summed E-state index contributed by atoms with van der Waals surface area (Å²) in [5, 5.41) is 4.70. The number of hydrogen-bond donors (Lipinski definition) is 1. The van der Waals surface area contributed by atoms with E-state index in [0.717, 1.165) is 0 Å². The minimum Gasteiger partial charge on any atom is -0.273 e. The monoisotopic (exact) mass is 334 g/mol. The van der Waals surface area contributed by atoms with Crippen LogP contribution in [0.2, 0.25) is 10.0 Å². The number of rotatable bonds is 3. The van der Waals surface area contributed by atoms with Crippen LogP contribution < -0.4 is 5.43 Å². The van der Waals surface area contributed by atoms with Gasteiger partial charge >= 0.3 is 0 Å². The molecule has 0 aromatic heterocycles. The molecule has 1 fully saturated rings. The molecule has 0 aliphatic carbocycles. The van der Waals surface area contributed by atoms with Gasteiger partial charge in [-0.15, -0.1) is 0 Å². The molecule has 108 valence electrons. The molecule has 1 aromatic rings. The van der Waals surface area contributed by atoms with Crippen molar-refractivity contribution in [1.82, 2.24) is 5.43 Å². The number of nitrogens with one attached hydrogen (secondary N) is 1. The molecular weight excluding hydrogens is 323 g/mol. The molecular formula is C12H12Cl2N2O3S. The van der Waals surface area contributed by atoms with Gasteiger partial charge in [-0.25, -0.2) is 13.8 Å². The van der Waals surface area contributed by atoms with Crippen LogP contribution in [0, 0.1) is 5.92 Å². The van der Waals surface area contributed by atoms with Gasteiger partial charge in [0.05, 0.1) is 28.7 Å². The van der Waals surface area contributed by atoms with Crippen molar-refractivity contribution in [2.75, 3.05) is 11.5 Å². The van der Waals surface area contributed by atoms with Crippen LogP contribution in [-0.2, 0) is 14.6 Å². The lowest BCUT2D eigenvalue weighted by Gasteiger charge is -2.04. The number of sulfone groups is 1. The van der Waals surface area contributed by atoms with Crippen molar-refractivity contribution in [2.24, 2.45) is 11.0 Å². The Balaban J connectivity index is 1.95. The molecule has 0 spiro atoms. The van der Waals surface area contributed by atoms with Crippen molar-refractivity contribution in [3.05, 3.63) is 33.8 Å². The zero-order chi connectivity index (χ0) is 14.8. The van der Waals surface area contributed by atoms with Gasteiger partial charge < -0.3 is 0 Å². The van der Waals surface area contributed by atoms with Crippen molar-refractivity contribution in [3.63, 3.8) is 0 Å². The van der Waals surface area contributed by atoms with Gasteiger partial charge in [0.15, 0.2) is 9.84 Å². The Morgan fingerprint density at radius 1 is 1.40 bits per heavy atom. The van der Waals surface area contributed by atoms with Gasteiger partial charge in [-0.1, -0.05) is 29.3 Å². The van der Waals surface area contributed by atoms with Crippen LogP contribution >= 0.6 is 23.2 Å². The first-order chi connectivity index (χ1) is 9.37. The van der Waals surface area contributed by atoms with Crippen LogP contribution in [0.15, 0.2) is 23.3 Å². The van der Waals surface area contributed by atoms with Crippen molar-refractivity contribution in [2.45, 2.75) is 6.42 Å². The number of hydrogen-bond acceptors (Lipinski definition) is 4. The highest BCUT2D eigenvalue weighted by Gasteiger charge is 2.32. The highest BCUT2D eigenvalue weighted by atomic mass is 35.5. The first-order valence-electron chi connectivity index (χ1n) is 5.86. The Bertz CT molecular complexity index is 659. The number of carbonyl (C=O) groups is 1. The maximum atomic E-state index is 11.7. The molecule has 1 atom stereocenters. The second-order valence-electron chi connectivity index (χ2n) is 4.50. The number of halogens is 2. The smallest absolute Gasteiger partial charge is 0.244 e. The van der Waals surface area contributed by atoms with E-state index < -0.39 is 21.7 Å². The summed E-state index contributed by atoms with van der Waals surface area (Å²) >= 11 is 11.7. The fourth-order valence-corrected chi connectivity index (χ4v) is 4.06. The van der Waals surface area contributed by atoms with Gasteiger partial charge in [-0.05, 0) is 18.6 Å². The van der Waals surface area contributed by atoms with E-state index in [2.05, 4.69) is 10.5 Å². The molecule has 1 saturated heterocycles. The summed E-state index contributed by atoms with van der Waals surface area (Å²) in [7, 11) is -3.08. The molecule has 0 saturated carbocycles. The number of amides is 1. The molecule has 1 N–H and O–H groups in total. The summed E-state index contributed by atoms with van der Waals surface area (Å²) in [6, 6.07) is 4.89. The van der Waals surface area contributed by atoms with Crippen molar-refractivity contribution >= 4 is 45.2 Å². The van der Waals surface area contributed by atoms with Gasteiger partial charge in [-0.2, -0.15) is 5.10 Å². The van der Waals surface area contributed by atoms with Crippen LogP contribution in [0.25, 0.3) is 0 Å². The number of benzene rings is 1. The highest BCUT2D eigenvalue weighted by Crippen LogP contribution is 2.20. The summed E-state index contributed by atoms with van der Waals surface area (Å²) in [6.45, 7) is 0. The molecule has 8 heteroatoms. The normalized spacial score (nSPS) is 21.2. The minimum atomic E-state index is -3.08. The molecule has 1 amide bonds. The van der Waals surface area contributed by atoms with Gasteiger partial charge in [-0.3, -0.25) is 4.79 Å². The molecule has 1 aliphatic heterocycles. The van der Waals surface area contributed by atoms with E-state index >= 15 is 0 Å². The topological polar surface area (TPSA) is 75.6 Å². The third kappa shape index (κ3) is 3.94. The molecule has 2 rings (SSSR count). The van der Waals surface area contributed by atoms with E-state index in [1.54, 1.807) is 18.2 Å². The first kappa shape index (κ1) is 15.3. The lowest BCUT2D eigenvalue weighted by atomic mass is 10.1. The van der Waals surface area contributed by atoms with E-state index in [9.17, 15) is 13.2 Å². The molecule has 0 unspecified atom stereocenters. The van der Waals surface area contributed by atoms with E-state index in [1.807, 2.05) is 0 Å². The average molecular weight is 335 g/mol. The fourth-order valence-electron chi connectivity index (χ4n) is 1.86. The van der Waals surface area contributed by atoms with E-state index in [0.29, 0.717) is 22.0 Å². The number of hydrazone groups is 1. The zero-order valence-electron chi connectivity index (χ0n) is 10.3. The molecule has 20 heavy (non-hydrogen) atoms. The SMILES string of the molecule is O=C(N/N=C\c1ccc(Cl)cc1Cl)[C@@H]1CCS(=O)(=O)C1. The Kier molecular flexibility index (Phi) is 4.67. The van der Waals surface area contributed by atoms with E-state index in [4.69, 9.17) is 23.2 Å². The standard InChI is InChI=1S/C12H12Cl2N2O3S/c13-10-2-1-8(11(14)5-10)6-15-16-12(17)9-3-4-20(18,19)7-9/h1-2,5-6,9H,3-4,7H2,(H,16,17)/b15-6-/t9-/m1/s1. The quantitative estimate of drug-likeness (QED) is 0.677. The predicted molar refractivity (Wildman–Crippen MR) is 79.0 cm³/mol. The number of carbonyl (C=O) groups excluding carboxylic acids is 1. The van der Waals surface area contributed by atoms with E-state index in [1.165, 1.54) is 6.21 Å². The summed E-state index contributed by atoms with van der Waals surface area (Å²) in [6.07, 6.45) is 1.73. The van der Waals surface area contributed by atoms with Crippen molar-refractivity contribution in [1.29, 1.82) is 0 Å². The predicted octanol–water partition coefficient (Wildman–Crippen LogP) is 1.88. The van der Waals surface area contributed by atoms with Crippen molar-refractivity contribution in [3.8, 4) is 0 Å². The molecule has 0 bridgehead atoms. The zero-order valence-corrected chi connectivity index (χ0v) is 12.7. The molecule has 5 nitrogen and oxygen atoms in total. The summed E-state index contributed by atoms with van der Waals surface area (Å²) < 4.78 is 22.5. The molecule has 1 heterocycles. The molecule has 0 radical (unpaired) electrons. The second-order valence-corrected chi connectivity index (χ2v) is 7.57. The third-order valence-corrected chi connectivity index (χ3v) is 5.27. The average Bonchev–Trinajstić information content (AvgIpc) is 2.72. The van der Waals surface area contributed by atoms with Gasteiger partial charge in [0.1, 0.15) is 0 Å². The van der Waals surface area contributed by atoms with Gasteiger partial charge in [0.2, 0.25) is 5.91 Å². The van der Waals surface area contributed by atoms with Crippen LogP contribution in [0.4, 0.5) is 0 Å². The fraction of sp³-hybridized carbons (Fsp3) is 0.333. The largest absolute Gasteiger partial charge is 0.273 e. The summed E-state index contributed by atoms with van der Waals surface area (Å²) in [5.74, 6) is -0.987. The Labute approximate surface area is 126 Å². The van der Waals surface area contributed by atoms with Crippen LogP contribution in [0.5, 0.6) is 0 Å². The lowest BCUT2D eigenvalue weighted by molar-refractivity contribution is -0.124. The second kappa shape index (κ2) is 6.11. The Morgan fingerprint density at radius 2 is 2.15 bits per heavy atom.